The summed E-state index contributed by atoms with van der Waals surface area (Å²) < 4.78 is 66.2. The lowest BCUT2D eigenvalue weighted by Gasteiger charge is -2.11. The van der Waals surface area contributed by atoms with E-state index in [9.17, 15) is 26.7 Å². The maximum atomic E-state index is 13.4. The molecule has 3 nitrogen and oxygen atoms in total. The Morgan fingerprint density at radius 2 is 1.77 bits per heavy atom. The molecule has 0 heterocycles. The molecule has 0 bridgehead atoms. The minimum atomic E-state index is -4.87. The van der Waals surface area contributed by atoms with Gasteiger partial charge in [0.2, 0.25) is 0 Å². The van der Waals surface area contributed by atoms with Crippen LogP contribution in [0, 0.1) is 11.6 Å². The van der Waals surface area contributed by atoms with Crippen LogP contribution in [-0.2, 0) is 0 Å². The topological polar surface area (TPSA) is 38.3 Å². The molecule has 22 heavy (non-hydrogen) atoms. The molecule has 116 valence electrons. The zero-order chi connectivity index (χ0) is 16.3. The number of rotatable bonds is 3. The predicted molar refractivity (Wildman–Crippen MR) is 67.4 cm³/mol. The maximum Gasteiger partial charge on any atom is 0.573 e. The maximum absolute atomic E-state index is 13.4. The van der Waals surface area contributed by atoms with Crippen LogP contribution in [-0.4, -0.2) is 12.3 Å². The first-order valence-corrected chi connectivity index (χ1v) is 5.87. The highest BCUT2D eigenvalue weighted by atomic mass is 19.4. The Hall–Kier alpha value is -2.64. The molecule has 0 aliphatic carbocycles. The molecule has 0 spiro atoms. The fraction of sp³-hybridized carbons (Fsp3) is 0.0714. The van der Waals surface area contributed by atoms with Gasteiger partial charge in [-0.2, -0.15) is 0 Å². The number of alkyl halides is 3. The van der Waals surface area contributed by atoms with E-state index < -0.39 is 35.2 Å². The summed E-state index contributed by atoms with van der Waals surface area (Å²) in [6, 6.07) is 6.82. The van der Waals surface area contributed by atoms with E-state index in [1.165, 1.54) is 12.1 Å². The summed E-state index contributed by atoms with van der Waals surface area (Å²) in [5, 5.41) is 2.20. The lowest BCUT2D eigenvalue weighted by atomic mass is 10.2. The lowest BCUT2D eigenvalue weighted by molar-refractivity contribution is -0.274. The summed E-state index contributed by atoms with van der Waals surface area (Å²) in [5.74, 6) is -3.40. The summed E-state index contributed by atoms with van der Waals surface area (Å²) in [6.07, 6.45) is -4.87. The molecule has 0 aliphatic heterocycles. The van der Waals surface area contributed by atoms with E-state index in [1.807, 2.05) is 0 Å². The van der Waals surface area contributed by atoms with E-state index in [-0.39, 0.29) is 5.69 Å². The quantitative estimate of drug-likeness (QED) is 0.865. The Balaban J connectivity index is 2.16. The van der Waals surface area contributed by atoms with Crippen molar-refractivity contribution in [2.45, 2.75) is 6.36 Å². The highest BCUT2D eigenvalue weighted by Gasteiger charge is 2.31. The van der Waals surface area contributed by atoms with Gasteiger partial charge in [-0.3, -0.25) is 4.79 Å². The molecule has 2 aromatic carbocycles. The molecule has 2 rings (SSSR count). The van der Waals surface area contributed by atoms with Gasteiger partial charge in [-0.15, -0.1) is 13.2 Å². The van der Waals surface area contributed by atoms with Gasteiger partial charge in [-0.05, 0) is 24.3 Å². The third-order valence-corrected chi connectivity index (χ3v) is 2.50. The van der Waals surface area contributed by atoms with E-state index in [2.05, 4.69) is 10.1 Å². The minimum Gasteiger partial charge on any atom is -0.406 e. The molecule has 0 saturated carbocycles. The molecule has 0 fully saturated rings. The zero-order valence-corrected chi connectivity index (χ0v) is 10.7. The SMILES string of the molecule is O=C(Nc1cccc(OC(F)(F)F)c1)c1ccc(F)cc1F. The Bertz CT molecular complexity index is 700. The van der Waals surface area contributed by atoms with Crippen molar-refractivity contribution in [1.29, 1.82) is 0 Å². The van der Waals surface area contributed by atoms with Crippen LogP contribution >= 0.6 is 0 Å². The molecule has 2 aromatic rings. The van der Waals surface area contributed by atoms with Crippen molar-refractivity contribution in [3.8, 4) is 5.75 Å². The number of ether oxygens (including phenoxy) is 1. The predicted octanol–water partition coefficient (Wildman–Crippen LogP) is 4.12. The van der Waals surface area contributed by atoms with Crippen molar-refractivity contribution in [1.82, 2.24) is 0 Å². The number of carbonyl (C=O) groups excluding carboxylic acids is 1. The largest absolute Gasteiger partial charge is 0.573 e. The second-order valence-electron chi connectivity index (χ2n) is 4.15. The van der Waals surface area contributed by atoms with Crippen molar-refractivity contribution in [2.75, 3.05) is 5.32 Å². The number of halogens is 5. The van der Waals surface area contributed by atoms with Crippen LogP contribution in [0.4, 0.5) is 27.6 Å². The van der Waals surface area contributed by atoms with Crippen LogP contribution in [0.5, 0.6) is 5.75 Å². The number of nitrogens with one attached hydrogen (secondary N) is 1. The monoisotopic (exact) mass is 317 g/mol. The van der Waals surface area contributed by atoms with Gasteiger partial charge in [0.05, 0.1) is 5.56 Å². The molecule has 1 amide bonds. The van der Waals surface area contributed by atoms with Gasteiger partial charge in [0, 0.05) is 17.8 Å². The molecule has 1 N–H and O–H groups in total. The van der Waals surface area contributed by atoms with Crippen molar-refractivity contribution < 1.29 is 31.5 Å². The van der Waals surface area contributed by atoms with Gasteiger partial charge in [-0.25, -0.2) is 8.78 Å². The van der Waals surface area contributed by atoms with Crippen LogP contribution in [0.25, 0.3) is 0 Å². The molecule has 0 aromatic heterocycles. The van der Waals surface area contributed by atoms with E-state index >= 15 is 0 Å². The Kier molecular flexibility index (Phi) is 4.30. The Morgan fingerprint density at radius 3 is 2.41 bits per heavy atom. The molecule has 0 saturated heterocycles. The van der Waals surface area contributed by atoms with Crippen molar-refractivity contribution >= 4 is 11.6 Å². The van der Waals surface area contributed by atoms with Gasteiger partial charge in [0.15, 0.2) is 0 Å². The number of amides is 1. The molecular weight excluding hydrogens is 309 g/mol. The van der Waals surface area contributed by atoms with Gasteiger partial charge in [0.1, 0.15) is 17.4 Å². The lowest BCUT2D eigenvalue weighted by Crippen LogP contribution is -2.17. The van der Waals surface area contributed by atoms with Crippen LogP contribution in [0.3, 0.4) is 0 Å². The van der Waals surface area contributed by atoms with Gasteiger partial charge in [0.25, 0.3) is 5.91 Å². The van der Waals surface area contributed by atoms with E-state index in [0.717, 1.165) is 24.3 Å². The average Bonchev–Trinajstić information content (AvgIpc) is 2.36. The van der Waals surface area contributed by atoms with Crippen LogP contribution in [0.15, 0.2) is 42.5 Å². The smallest absolute Gasteiger partial charge is 0.406 e. The summed E-state index contributed by atoms with van der Waals surface area (Å²) >= 11 is 0. The van der Waals surface area contributed by atoms with Crippen molar-refractivity contribution in [2.24, 2.45) is 0 Å². The minimum absolute atomic E-state index is 0.0320. The first-order chi connectivity index (χ1) is 10.2. The van der Waals surface area contributed by atoms with Gasteiger partial charge in [-0.1, -0.05) is 6.07 Å². The summed E-state index contributed by atoms with van der Waals surface area (Å²) in [5.41, 5.74) is -0.473. The number of hydrogen-bond acceptors (Lipinski definition) is 2. The first-order valence-electron chi connectivity index (χ1n) is 5.87. The third-order valence-electron chi connectivity index (χ3n) is 2.50. The van der Waals surface area contributed by atoms with Crippen molar-refractivity contribution in [3.05, 3.63) is 59.7 Å². The third kappa shape index (κ3) is 4.18. The Labute approximate surface area is 121 Å². The first kappa shape index (κ1) is 15.7. The van der Waals surface area contributed by atoms with E-state index in [1.54, 1.807) is 0 Å². The fourth-order valence-corrected chi connectivity index (χ4v) is 1.64. The standard InChI is InChI=1S/C14H8F5NO2/c15-8-4-5-11(12(16)6-8)13(21)20-9-2-1-3-10(7-9)22-14(17,18)19/h1-7H,(H,20,21). The van der Waals surface area contributed by atoms with Gasteiger partial charge < -0.3 is 10.1 Å². The number of hydrogen-bond donors (Lipinski definition) is 1. The van der Waals surface area contributed by atoms with Crippen molar-refractivity contribution in [3.63, 3.8) is 0 Å². The highest BCUT2D eigenvalue weighted by Crippen LogP contribution is 2.25. The number of benzene rings is 2. The average molecular weight is 317 g/mol. The number of anilines is 1. The van der Waals surface area contributed by atoms with E-state index in [0.29, 0.717) is 6.07 Å². The van der Waals surface area contributed by atoms with Gasteiger partial charge >= 0.3 is 6.36 Å². The summed E-state index contributed by atoms with van der Waals surface area (Å²) in [6.45, 7) is 0. The molecule has 8 heteroatoms. The van der Waals surface area contributed by atoms with Crippen LogP contribution in [0.2, 0.25) is 0 Å². The van der Waals surface area contributed by atoms with Crippen LogP contribution in [0.1, 0.15) is 10.4 Å². The second-order valence-corrected chi connectivity index (χ2v) is 4.15. The van der Waals surface area contributed by atoms with Crippen LogP contribution < -0.4 is 10.1 Å². The summed E-state index contributed by atoms with van der Waals surface area (Å²) in [4.78, 5) is 11.8. The summed E-state index contributed by atoms with van der Waals surface area (Å²) in [7, 11) is 0. The second kappa shape index (κ2) is 6.00. The molecule has 0 radical (unpaired) electrons. The Morgan fingerprint density at radius 1 is 1.05 bits per heavy atom. The molecule has 0 unspecified atom stereocenters. The molecular formula is C14H8F5NO2. The zero-order valence-electron chi connectivity index (χ0n) is 10.7. The molecule has 0 atom stereocenters. The normalized spacial score (nSPS) is 11.1. The number of carbonyl (C=O) groups is 1. The fourth-order valence-electron chi connectivity index (χ4n) is 1.64. The molecule has 0 aliphatic rings. The highest BCUT2D eigenvalue weighted by molar-refractivity contribution is 6.04. The van der Waals surface area contributed by atoms with E-state index in [4.69, 9.17) is 0 Å².